The summed E-state index contributed by atoms with van der Waals surface area (Å²) in [6.07, 6.45) is 3.69. The van der Waals surface area contributed by atoms with E-state index < -0.39 is 0 Å². The molecule has 0 bridgehead atoms. The number of hydrogen-bond donors (Lipinski definition) is 1. The zero-order chi connectivity index (χ0) is 17.5. The smallest absolute Gasteiger partial charge is 0.240 e. The van der Waals surface area contributed by atoms with Crippen molar-refractivity contribution in [3.05, 3.63) is 54.4 Å². The van der Waals surface area contributed by atoms with Gasteiger partial charge >= 0.3 is 0 Å². The summed E-state index contributed by atoms with van der Waals surface area (Å²) in [6, 6.07) is 9.46. The highest BCUT2D eigenvalue weighted by Gasteiger charge is 2.09. The minimum Gasteiger partial charge on any atom is -0.497 e. The molecule has 2 aromatic heterocycles. The Morgan fingerprint density at radius 2 is 2.04 bits per heavy atom. The lowest BCUT2D eigenvalue weighted by Gasteiger charge is -2.11. The fourth-order valence-corrected chi connectivity index (χ4v) is 2.26. The quantitative estimate of drug-likeness (QED) is 0.636. The Morgan fingerprint density at radius 3 is 2.76 bits per heavy atom. The maximum atomic E-state index is 5.63. The van der Waals surface area contributed by atoms with Crippen molar-refractivity contribution in [2.75, 3.05) is 7.11 Å². The number of ether oxygens (including phenoxy) is 2. The molecular weight excluding hydrogens is 322 g/mol. The summed E-state index contributed by atoms with van der Waals surface area (Å²) >= 11 is 0. The van der Waals surface area contributed by atoms with E-state index in [1.807, 2.05) is 41.2 Å². The van der Waals surface area contributed by atoms with Gasteiger partial charge in [-0.05, 0) is 37.3 Å². The minimum atomic E-state index is 0.228. The number of rotatable bonds is 9. The van der Waals surface area contributed by atoms with Crippen LogP contribution < -0.4 is 14.8 Å². The molecule has 8 nitrogen and oxygen atoms in total. The summed E-state index contributed by atoms with van der Waals surface area (Å²) in [5.74, 6) is 2.54. The van der Waals surface area contributed by atoms with Crippen LogP contribution in [0.25, 0.3) is 0 Å². The molecule has 0 amide bonds. The lowest BCUT2D eigenvalue weighted by Crippen LogP contribution is -2.30. The van der Waals surface area contributed by atoms with Crippen LogP contribution in [0.3, 0.4) is 0 Å². The van der Waals surface area contributed by atoms with Crippen molar-refractivity contribution >= 4 is 0 Å². The number of hydrogen-bond acceptors (Lipinski definition) is 7. The summed E-state index contributed by atoms with van der Waals surface area (Å²) in [4.78, 5) is 4.32. The van der Waals surface area contributed by atoms with Crippen LogP contribution in [0.15, 0.2) is 47.2 Å². The van der Waals surface area contributed by atoms with Gasteiger partial charge in [0.1, 0.15) is 11.5 Å². The Morgan fingerprint density at radius 1 is 1.24 bits per heavy atom. The summed E-state index contributed by atoms with van der Waals surface area (Å²) in [6.45, 7) is 3.59. The third-order valence-corrected chi connectivity index (χ3v) is 3.56. The molecule has 8 heteroatoms. The molecule has 1 aromatic carbocycles. The normalized spacial score (nSPS) is 12.1. The summed E-state index contributed by atoms with van der Waals surface area (Å²) < 4.78 is 17.8. The standard InChI is InChI=1S/C17H21N5O3/c1-13(11-22-9-3-8-19-22)18-10-17-20-16(21-25-17)12-24-15-6-4-14(23-2)5-7-15/h3-9,13,18H,10-12H2,1-2H3/t13-/m1/s1. The largest absolute Gasteiger partial charge is 0.497 e. The molecule has 0 spiro atoms. The predicted molar refractivity (Wildman–Crippen MR) is 90.2 cm³/mol. The van der Waals surface area contributed by atoms with E-state index in [-0.39, 0.29) is 12.6 Å². The molecule has 0 aliphatic heterocycles. The van der Waals surface area contributed by atoms with Crippen LogP contribution >= 0.6 is 0 Å². The van der Waals surface area contributed by atoms with Gasteiger partial charge in [-0.1, -0.05) is 5.16 Å². The Labute approximate surface area is 145 Å². The molecule has 25 heavy (non-hydrogen) atoms. The molecule has 1 N–H and O–H groups in total. The number of aromatic nitrogens is 4. The fraction of sp³-hybridized carbons (Fsp3) is 0.353. The van der Waals surface area contributed by atoms with E-state index in [0.717, 1.165) is 18.0 Å². The van der Waals surface area contributed by atoms with Crippen LogP contribution in [0.2, 0.25) is 0 Å². The number of nitrogens with zero attached hydrogens (tertiary/aromatic N) is 4. The molecule has 3 aromatic rings. The molecule has 0 saturated carbocycles. The number of benzene rings is 1. The van der Waals surface area contributed by atoms with Gasteiger partial charge in [-0.2, -0.15) is 10.1 Å². The second kappa shape index (κ2) is 8.29. The van der Waals surface area contributed by atoms with Crippen LogP contribution in [0.5, 0.6) is 11.5 Å². The molecule has 0 radical (unpaired) electrons. The van der Waals surface area contributed by atoms with Crippen molar-refractivity contribution in [2.45, 2.75) is 32.7 Å². The second-order valence-corrected chi connectivity index (χ2v) is 5.58. The van der Waals surface area contributed by atoms with E-state index >= 15 is 0 Å². The van der Waals surface area contributed by atoms with Gasteiger partial charge in [0, 0.05) is 18.4 Å². The summed E-state index contributed by atoms with van der Waals surface area (Å²) in [7, 11) is 1.63. The molecule has 0 unspecified atom stereocenters. The van der Waals surface area contributed by atoms with Gasteiger partial charge in [0.15, 0.2) is 6.61 Å². The van der Waals surface area contributed by atoms with E-state index in [4.69, 9.17) is 14.0 Å². The molecule has 2 heterocycles. The van der Waals surface area contributed by atoms with Gasteiger partial charge in [-0.25, -0.2) is 0 Å². The van der Waals surface area contributed by atoms with Crippen molar-refractivity contribution in [3.8, 4) is 11.5 Å². The maximum Gasteiger partial charge on any atom is 0.240 e. The van der Waals surface area contributed by atoms with Crippen LogP contribution in [0.4, 0.5) is 0 Å². The van der Waals surface area contributed by atoms with Crippen molar-refractivity contribution in [3.63, 3.8) is 0 Å². The van der Waals surface area contributed by atoms with E-state index in [1.54, 1.807) is 13.3 Å². The van der Waals surface area contributed by atoms with Crippen molar-refractivity contribution in [2.24, 2.45) is 0 Å². The SMILES string of the molecule is COc1ccc(OCc2noc(CN[C@H](C)Cn3cccn3)n2)cc1. The molecule has 3 rings (SSSR count). The third-order valence-electron chi connectivity index (χ3n) is 3.56. The third kappa shape index (κ3) is 5.05. The van der Waals surface area contributed by atoms with Gasteiger partial charge in [0.05, 0.1) is 20.2 Å². The number of nitrogens with one attached hydrogen (secondary N) is 1. The van der Waals surface area contributed by atoms with Crippen LogP contribution in [0.1, 0.15) is 18.6 Å². The second-order valence-electron chi connectivity index (χ2n) is 5.58. The summed E-state index contributed by atoms with van der Waals surface area (Å²) in [5, 5.41) is 11.4. The molecular formula is C17H21N5O3. The number of methoxy groups -OCH3 is 1. The van der Waals surface area contributed by atoms with Crippen LogP contribution in [-0.2, 0) is 19.7 Å². The Kier molecular flexibility index (Phi) is 5.63. The average molecular weight is 343 g/mol. The average Bonchev–Trinajstić information content (AvgIpc) is 3.30. The Balaban J connectivity index is 1.43. The Bertz CT molecular complexity index is 755. The van der Waals surface area contributed by atoms with E-state index in [0.29, 0.717) is 18.3 Å². The zero-order valence-corrected chi connectivity index (χ0v) is 14.3. The van der Waals surface area contributed by atoms with E-state index in [9.17, 15) is 0 Å². The fourth-order valence-electron chi connectivity index (χ4n) is 2.26. The molecule has 0 aliphatic carbocycles. The summed E-state index contributed by atoms with van der Waals surface area (Å²) in [5.41, 5.74) is 0. The van der Waals surface area contributed by atoms with Crippen LogP contribution in [-0.4, -0.2) is 33.1 Å². The maximum absolute atomic E-state index is 5.63. The van der Waals surface area contributed by atoms with Crippen molar-refractivity contribution in [1.82, 2.24) is 25.2 Å². The first kappa shape index (κ1) is 17.0. The van der Waals surface area contributed by atoms with Gasteiger partial charge < -0.3 is 19.3 Å². The van der Waals surface area contributed by atoms with Crippen LogP contribution in [0, 0.1) is 0 Å². The monoisotopic (exact) mass is 343 g/mol. The Hall–Kier alpha value is -2.87. The van der Waals surface area contributed by atoms with Crippen molar-refractivity contribution < 1.29 is 14.0 Å². The van der Waals surface area contributed by atoms with Gasteiger partial charge in [-0.3, -0.25) is 4.68 Å². The highest BCUT2D eigenvalue weighted by molar-refractivity contribution is 5.31. The highest BCUT2D eigenvalue weighted by Crippen LogP contribution is 2.17. The zero-order valence-electron chi connectivity index (χ0n) is 14.3. The lowest BCUT2D eigenvalue weighted by atomic mass is 10.3. The molecule has 0 fully saturated rings. The van der Waals surface area contributed by atoms with Gasteiger partial charge in [-0.15, -0.1) is 0 Å². The molecule has 0 aliphatic rings. The van der Waals surface area contributed by atoms with Gasteiger partial charge in [0.25, 0.3) is 0 Å². The minimum absolute atomic E-state index is 0.228. The van der Waals surface area contributed by atoms with E-state index in [2.05, 4.69) is 27.5 Å². The van der Waals surface area contributed by atoms with Gasteiger partial charge in [0.2, 0.25) is 11.7 Å². The topological polar surface area (TPSA) is 87.2 Å². The highest BCUT2D eigenvalue weighted by atomic mass is 16.5. The first-order valence-electron chi connectivity index (χ1n) is 8.02. The molecule has 132 valence electrons. The molecule has 1 atom stereocenters. The molecule has 0 saturated heterocycles. The predicted octanol–water partition coefficient (Wildman–Crippen LogP) is 2.03. The lowest BCUT2D eigenvalue weighted by molar-refractivity contribution is 0.283. The first-order valence-corrected chi connectivity index (χ1v) is 8.02. The van der Waals surface area contributed by atoms with E-state index in [1.165, 1.54) is 0 Å². The van der Waals surface area contributed by atoms with Crippen molar-refractivity contribution in [1.29, 1.82) is 0 Å². The first-order chi connectivity index (χ1) is 12.2.